The maximum atomic E-state index is 12.0. The predicted molar refractivity (Wildman–Crippen MR) is 45.9 cm³/mol. The number of hydrogen-bond donors (Lipinski definition) is 1. The Balaban J connectivity index is 2.35. The Morgan fingerprint density at radius 2 is 2.07 bits per heavy atom. The molecule has 2 rings (SSSR count). The first-order chi connectivity index (χ1) is 6.54. The largest absolute Gasteiger partial charge is 0.393 e. The second-order valence-corrected chi connectivity index (χ2v) is 3.05. The van der Waals surface area contributed by atoms with Gasteiger partial charge in [-0.15, -0.1) is 0 Å². The van der Waals surface area contributed by atoms with E-state index in [1.54, 1.807) is 6.07 Å². The number of alkyl halides is 3. The quantitative estimate of drug-likeness (QED) is 0.753. The Kier molecular flexibility index (Phi) is 1.94. The van der Waals surface area contributed by atoms with Crippen molar-refractivity contribution in [2.45, 2.75) is 12.6 Å². The zero-order valence-electron chi connectivity index (χ0n) is 7.10. The summed E-state index contributed by atoms with van der Waals surface area (Å²) in [6, 6.07) is 4.50. The predicted octanol–water partition coefficient (Wildman–Crippen LogP) is 2.67. The molecule has 1 N–H and O–H groups in total. The molecule has 0 aliphatic carbocycles. The van der Waals surface area contributed by atoms with Crippen LogP contribution in [0.4, 0.5) is 13.2 Å². The van der Waals surface area contributed by atoms with E-state index in [0.717, 1.165) is 5.52 Å². The minimum absolute atomic E-state index is 0.233. The lowest BCUT2D eigenvalue weighted by Gasteiger charge is -2.05. The summed E-state index contributed by atoms with van der Waals surface area (Å²) in [7, 11) is 0. The second-order valence-electron chi connectivity index (χ2n) is 3.05. The van der Waals surface area contributed by atoms with Gasteiger partial charge in [0.1, 0.15) is 0 Å². The highest BCUT2D eigenvalue weighted by atomic mass is 19.4. The second kappa shape index (κ2) is 3.01. The van der Waals surface area contributed by atoms with Crippen molar-refractivity contribution in [1.29, 1.82) is 0 Å². The van der Waals surface area contributed by atoms with Crippen molar-refractivity contribution in [2.24, 2.45) is 0 Å². The van der Waals surface area contributed by atoms with Gasteiger partial charge in [-0.25, -0.2) is 4.98 Å². The summed E-state index contributed by atoms with van der Waals surface area (Å²) in [4.78, 5) is 6.70. The summed E-state index contributed by atoms with van der Waals surface area (Å²) in [6.45, 7) is 0. The fraction of sp³-hybridized carbons (Fsp3) is 0.222. The van der Waals surface area contributed by atoms with Gasteiger partial charge in [0.2, 0.25) is 0 Å². The van der Waals surface area contributed by atoms with Crippen molar-refractivity contribution in [2.75, 3.05) is 0 Å². The number of aromatic nitrogens is 2. The third kappa shape index (κ3) is 1.86. The molecule has 1 aromatic heterocycles. The first-order valence-corrected chi connectivity index (χ1v) is 4.03. The average Bonchev–Trinajstić information content (AvgIpc) is 2.47. The lowest BCUT2D eigenvalue weighted by atomic mass is 10.1. The molecule has 0 spiro atoms. The van der Waals surface area contributed by atoms with E-state index in [9.17, 15) is 13.2 Å². The molecular formula is C9H7F3N2. The van der Waals surface area contributed by atoms with Gasteiger partial charge < -0.3 is 4.98 Å². The number of nitrogens with one attached hydrogen (secondary N) is 1. The summed E-state index contributed by atoms with van der Waals surface area (Å²) in [5.74, 6) is 0. The molecule has 0 saturated carbocycles. The molecule has 0 radical (unpaired) electrons. The molecule has 0 saturated heterocycles. The minimum Gasteiger partial charge on any atom is -0.345 e. The van der Waals surface area contributed by atoms with Crippen LogP contribution >= 0.6 is 0 Å². The van der Waals surface area contributed by atoms with Crippen molar-refractivity contribution in [1.82, 2.24) is 9.97 Å². The van der Waals surface area contributed by atoms with Gasteiger partial charge in [0.25, 0.3) is 0 Å². The molecule has 0 bridgehead atoms. The maximum absolute atomic E-state index is 12.0. The summed E-state index contributed by atoms with van der Waals surface area (Å²) < 4.78 is 36.1. The Bertz CT molecular complexity index is 444. The molecule has 0 amide bonds. The fourth-order valence-electron chi connectivity index (χ4n) is 1.32. The van der Waals surface area contributed by atoms with E-state index in [0.29, 0.717) is 5.52 Å². The van der Waals surface area contributed by atoms with Gasteiger partial charge in [0.05, 0.1) is 23.8 Å². The highest BCUT2D eigenvalue weighted by molar-refractivity contribution is 5.75. The van der Waals surface area contributed by atoms with E-state index in [2.05, 4.69) is 9.97 Å². The zero-order valence-corrected chi connectivity index (χ0v) is 7.10. The fourth-order valence-corrected chi connectivity index (χ4v) is 1.32. The van der Waals surface area contributed by atoms with Crippen molar-refractivity contribution in [3.05, 3.63) is 30.1 Å². The van der Waals surface area contributed by atoms with Gasteiger partial charge in [-0.1, -0.05) is 6.07 Å². The standard InChI is InChI=1S/C9H7F3N2/c10-9(11,12)4-6-1-2-7-8(3-6)14-5-13-7/h1-3,5H,4H2,(H,13,14). The Hall–Kier alpha value is -1.52. The molecule has 2 nitrogen and oxygen atoms in total. The van der Waals surface area contributed by atoms with Crippen LogP contribution in [0.2, 0.25) is 0 Å². The van der Waals surface area contributed by atoms with Crippen LogP contribution in [0.25, 0.3) is 11.0 Å². The number of aromatic amines is 1. The SMILES string of the molecule is FC(F)(F)Cc1ccc2[nH]cnc2c1. The summed E-state index contributed by atoms with van der Waals surface area (Å²) in [5, 5.41) is 0. The first kappa shape index (κ1) is 9.05. The summed E-state index contributed by atoms with van der Waals surface area (Å²) >= 11 is 0. The van der Waals surface area contributed by atoms with E-state index in [1.807, 2.05) is 0 Å². The minimum atomic E-state index is -4.16. The Morgan fingerprint density at radius 3 is 2.79 bits per heavy atom. The molecule has 0 fully saturated rings. The number of H-pyrrole nitrogens is 1. The monoisotopic (exact) mass is 200 g/mol. The molecule has 1 heterocycles. The molecule has 74 valence electrons. The highest BCUT2D eigenvalue weighted by Crippen LogP contribution is 2.22. The molecule has 0 aliphatic rings. The molecule has 0 atom stereocenters. The third-order valence-corrected chi connectivity index (χ3v) is 1.89. The van der Waals surface area contributed by atoms with E-state index in [4.69, 9.17) is 0 Å². The van der Waals surface area contributed by atoms with Crippen LogP contribution in [-0.2, 0) is 6.42 Å². The third-order valence-electron chi connectivity index (χ3n) is 1.89. The smallest absolute Gasteiger partial charge is 0.345 e. The van der Waals surface area contributed by atoms with Gasteiger partial charge in [0.15, 0.2) is 0 Å². The van der Waals surface area contributed by atoms with Crippen LogP contribution < -0.4 is 0 Å². The molecule has 5 heteroatoms. The topological polar surface area (TPSA) is 28.7 Å². The van der Waals surface area contributed by atoms with Crippen molar-refractivity contribution in [3.63, 3.8) is 0 Å². The van der Waals surface area contributed by atoms with Crippen LogP contribution in [-0.4, -0.2) is 16.1 Å². The van der Waals surface area contributed by atoms with Crippen LogP contribution in [0.5, 0.6) is 0 Å². The molecule has 0 unspecified atom stereocenters. The number of nitrogens with zero attached hydrogens (tertiary/aromatic N) is 1. The van der Waals surface area contributed by atoms with Gasteiger partial charge in [0, 0.05) is 0 Å². The molecule has 14 heavy (non-hydrogen) atoms. The van der Waals surface area contributed by atoms with E-state index in [1.165, 1.54) is 18.5 Å². The van der Waals surface area contributed by atoms with Crippen molar-refractivity contribution < 1.29 is 13.2 Å². The number of rotatable bonds is 1. The van der Waals surface area contributed by atoms with E-state index >= 15 is 0 Å². The summed E-state index contributed by atoms with van der Waals surface area (Å²) in [5.41, 5.74) is 1.54. The normalized spacial score (nSPS) is 12.2. The summed E-state index contributed by atoms with van der Waals surface area (Å²) in [6.07, 6.45) is -3.61. The number of benzene rings is 1. The van der Waals surface area contributed by atoms with Crippen molar-refractivity contribution >= 4 is 11.0 Å². The number of fused-ring (bicyclic) bond motifs is 1. The van der Waals surface area contributed by atoms with Crippen LogP contribution in [0.15, 0.2) is 24.5 Å². The Morgan fingerprint density at radius 1 is 1.29 bits per heavy atom. The van der Waals surface area contributed by atoms with E-state index < -0.39 is 12.6 Å². The molecule has 1 aromatic carbocycles. The van der Waals surface area contributed by atoms with Gasteiger partial charge >= 0.3 is 6.18 Å². The number of halogens is 3. The molecule has 2 aromatic rings. The number of imidazole rings is 1. The first-order valence-electron chi connectivity index (χ1n) is 4.03. The molecular weight excluding hydrogens is 193 g/mol. The molecule has 0 aliphatic heterocycles. The lowest BCUT2D eigenvalue weighted by Crippen LogP contribution is -2.11. The van der Waals surface area contributed by atoms with Gasteiger partial charge in [-0.05, 0) is 17.7 Å². The highest BCUT2D eigenvalue weighted by Gasteiger charge is 2.27. The Labute approximate surface area is 77.8 Å². The zero-order chi connectivity index (χ0) is 10.2. The van der Waals surface area contributed by atoms with Gasteiger partial charge in [-0.3, -0.25) is 0 Å². The van der Waals surface area contributed by atoms with Crippen LogP contribution in [0, 0.1) is 0 Å². The number of hydrogen-bond acceptors (Lipinski definition) is 1. The van der Waals surface area contributed by atoms with Gasteiger partial charge in [-0.2, -0.15) is 13.2 Å². The maximum Gasteiger partial charge on any atom is 0.393 e. The van der Waals surface area contributed by atoms with Crippen molar-refractivity contribution in [3.8, 4) is 0 Å². The average molecular weight is 200 g/mol. The lowest BCUT2D eigenvalue weighted by molar-refractivity contribution is -0.127. The van der Waals surface area contributed by atoms with Crippen LogP contribution in [0.1, 0.15) is 5.56 Å². The van der Waals surface area contributed by atoms with E-state index in [-0.39, 0.29) is 5.56 Å². The van der Waals surface area contributed by atoms with Crippen LogP contribution in [0.3, 0.4) is 0 Å².